The Bertz CT molecular complexity index is 929. The first-order valence-corrected chi connectivity index (χ1v) is 11.3. The Kier molecular flexibility index (Phi) is 5.98. The molecule has 0 radical (unpaired) electrons. The molecule has 1 amide bonds. The van der Waals surface area contributed by atoms with E-state index in [0.717, 1.165) is 72.6 Å². The van der Waals surface area contributed by atoms with Gasteiger partial charge in [0.15, 0.2) is 0 Å². The van der Waals surface area contributed by atoms with Crippen LogP contribution in [0, 0.1) is 6.92 Å². The van der Waals surface area contributed by atoms with Crippen LogP contribution in [0.2, 0.25) is 0 Å². The lowest BCUT2D eigenvalue weighted by molar-refractivity contribution is -0.125. The average Bonchev–Trinajstić information content (AvgIpc) is 2.89. The second-order valence-corrected chi connectivity index (χ2v) is 8.47. The molecule has 1 aliphatic carbocycles. The Morgan fingerprint density at radius 3 is 2.59 bits per heavy atom. The average molecular weight is 396 g/mol. The van der Waals surface area contributed by atoms with E-state index in [0.29, 0.717) is 6.61 Å². The third-order valence-corrected chi connectivity index (χ3v) is 6.40. The molecule has 2 aliphatic rings. The fraction of sp³-hybridized carbons (Fsp3) is 0.560. The summed E-state index contributed by atoms with van der Waals surface area (Å²) in [5, 5.41) is 1.20. The highest BCUT2D eigenvalue weighted by molar-refractivity contribution is 5.98. The molecule has 4 nitrogen and oxygen atoms in total. The number of rotatable bonds is 4. The van der Waals surface area contributed by atoms with Crippen LogP contribution in [0.4, 0.5) is 0 Å². The second-order valence-electron chi connectivity index (χ2n) is 8.47. The second kappa shape index (κ2) is 8.64. The van der Waals surface area contributed by atoms with Crippen molar-refractivity contribution in [1.82, 2.24) is 4.90 Å². The minimum atomic E-state index is 0.124. The molecule has 2 heterocycles. The van der Waals surface area contributed by atoms with Gasteiger partial charge in [0.05, 0.1) is 6.61 Å². The van der Waals surface area contributed by atoms with Crippen LogP contribution in [0.15, 0.2) is 16.6 Å². The Morgan fingerprint density at radius 2 is 1.86 bits per heavy atom. The Hall–Kier alpha value is -2.23. The molecule has 0 atom stereocenters. The van der Waals surface area contributed by atoms with Crippen molar-refractivity contribution in [3.8, 4) is 5.75 Å². The number of hydrogen-bond acceptors (Lipinski definition) is 3. The highest BCUT2D eigenvalue weighted by atomic mass is 16.5. The summed E-state index contributed by atoms with van der Waals surface area (Å²) >= 11 is 0. The molecule has 1 fully saturated rings. The maximum absolute atomic E-state index is 12.9. The zero-order chi connectivity index (χ0) is 20.4. The number of ether oxygens (including phenoxy) is 1. The Balaban J connectivity index is 1.76. The monoisotopic (exact) mass is 395 g/mol. The van der Waals surface area contributed by atoms with Crippen molar-refractivity contribution >= 4 is 22.4 Å². The van der Waals surface area contributed by atoms with Crippen molar-refractivity contribution in [3.63, 3.8) is 0 Å². The van der Waals surface area contributed by atoms with E-state index in [1.54, 1.807) is 6.08 Å². The van der Waals surface area contributed by atoms with Gasteiger partial charge in [-0.3, -0.25) is 4.79 Å². The maximum atomic E-state index is 12.9. The zero-order valence-electron chi connectivity index (χ0n) is 18.1. The molecule has 1 aromatic heterocycles. The van der Waals surface area contributed by atoms with Gasteiger partial charge in [0.1, 0.15) is 17.1 Å². The Labute approximate surface area is 173 Å². The molecule has 0 N–H and O–H groups in total. The van der Waals surface area contributed by atoms with Crippen LogP contribution in [-0.4, -0.2) is 30.5 Å². The van der Waals surface area contributed by atoms with Crippen LogP contribution in [0.1, 0.15) is 74.8 Å². The molecule has 1 saturated heterocycles. The summed E-state index contributed by atoms with van der Waals surface area (Å²) in [6.45, 7) is 8.44. The lowest BCUT2D eigenvalue weighted by Crippen LogP contribution is -2.30. The SMILES string of the molecule is CCOc1c(/C(C)=C/C(=O)N2CCCCCC2)cc2c3c(oc2c1C)CCCC3. The number of nitrogens with zero attached hydrogens (tertiary/aromatic N) is 1. The number of allylic oxidation sites excluding steroid dienone is 1. The molecular weight excluding hydrogens is 362 g/mol. The van der Waals surface area contributed by atoms with E-state index in [9.17, 15) is 4.79 Å². The zero-order valence-corrected chi connectivity index (χ0v) is 18.1. The molecular formula is C25H33NO3. The number of benzene rings is 1. The van der Waals surface area contributed by atoms with Gasteiger partial charge in [-0.1, -0.05) is 12.8 Å². The van der Waals surface area contributed by atoms with Crippen LogP contribution >= 0.6 is 0 Å². The summed E-state index contributed by atoms with van der Waals surface area (Å²) in [5.41, 5.74) is 5.34. The van der Waals surface area contributed by atoms with Gasteiger partial charge in [-0.2, -0.15) is 0 Å². The first-order chi connectivity index (χ1) is 14.1. The molecule has 29 heavy (non-hydrogen) atoms. The summed E-state index contributed by atoms with van der Waals surface area (Å²) < 4.78 is 12.3. The molecule has 0 spiro atoms. The largest absolute Gasteiger partial charge is 0.493 e. The summed E-state index contributed by atoms with van der Waals surface area (Å²) in [7, 11) is 0. The van der Waals surface area contributed by atoms with Crippen molar-refractivity contribution in [2.75, 3.05) is 19.7 Å². The quantitative estimate of drug-likeness (QED) is 0.612. The lowest BCUT2D eigenvalue weighted by Gasteiger charge is -2.19. The molecule has 156 valence electrons. The van der Waals surface area contributed by atoms with Gasteiger partial charge >= 0.3 is 0 Å². The van der Waals surface area contributed by atoms with Gasteiger partial charge in [-0.15, -0.1) is 0 Å². The van der Waals surface area contributed by atoms with Gasteiger partial charge in [0.2, 0.25) is 5.91 Å². The van der Waals surface area contributed by atoms with Crippen molar-refractivity contribution < 1.29 is 13.9 Å². The fourth-order valence-corrected chi connectivity index (χ4v) is 4.81. The Morgan fingerprint density at radius 1 is 1.14 bits per heavy atom. The lowest BCUT2D eigenvalue weighted by atomic mass is 9.93. The molecule has 4 heteroatoms. The third-order valence-electron chi connectivity index (χ3n) is 6.40. The van der Waals surface area contributed by atoms with Crippen LogP contribution in [-0.2, 0) is 17.6 Å². The topological polar surface area (TPSA) is 42.7 Å². The van der Waals surface area contributed by atoms with Gasteiger partial charge in [0, 0.05) is 47.7 Å². The van der Waals surface area contributed by atoms with E-state index in [-0.39, 0.29) is 5.91 Å². The standard InChI is InChI=1S/C25H33NO3/c1-4-28-24-18(3)25-21(19-11-7-8-12-22(19)29-25)16-20(24)17(2)15-23(27)26-13-9-5-6-10-14-26/h15-16H,4-14H2,1-3H3/b17-15+. The van der Waals surface area contributed by atoms with Gasteiger partial charge < -0.3 is 14.1 Å². The molecule has 1 aromatic carbocycles. The van der Waals surface area contributed by atoms with Gasteiger partial charge in [-0.05, 0) is 64.5 Å². The van der Waals surface area contributed by atoms with E-state index in [4.69, 9.17) is 9.15 Å². The van der Waals surface area contributed by atoms with Crippen LogP contribution in [0.3, 0.4) is 0 Å². The first kappa shape index (κ1) is 20.1. The maximum Gasteiger partial charge on any atom is 0.246 e. The van der Waals surface area contributed by atoms with Crippen molar-refractivity contribution in [3.05, 3.63) is 34.6 Å². The van der Waals surface area contributed by atoms with Crippen LogP contribution in [0.25, 0.3) is 16.5 Å². The van der Waals surface area contributed by atoms with Crippen molar-refractivity contribution in [2.45, 2.75) is 72.1 Å². The number of hydrogen-bond donors (Lipinski definition) is 0. The summed E-state index contributed by atoms with van der Waals surface area (Å²) in [6, 6.07) is 2.20. The number of amides is 1. The number of aryl methyl sites for hydroxylation is 3. The van der Waals surface area contributed by atoms with E-state index in [2.05, 4.69) is 13.0 Å². The molecule has 0 unspecified atom stereocenters. The number of fused-ring (bicyclic) bond motifs is 3. The number of furan rings is 1. The van der Waals surface area contributed by atoms with Crippen LogP contribution in [0.5, 0.6) is 5.75 Å². The van der Waals surface area contributed by atoms with Crippen LogP contribution < -0.4 is 4.74 Å². The highest BCUT2D eigenvalue weighted by Gasteiger charge is 2.23. The predicted molar refractivity (Wildman–Crippen MR) is 117 cm³/mol. The van der Waals surface area contributed by atoms with Crippen molar-refractivity contribution in [2.24, 2.45) is 0 Å². The molecule has 0 bridgehead atoms. The van der Waals surface area contributed by atoms with E-state index < -0.39 is 0 Å². The molecule has 2 aromatic rings. The van der Waals surface area contributed by atoms with E-state index >= 15 is 0 Å². The molecule has 1 aliphatic heterocycles. The van der Waals surface area contributed by atoms with Crippen molar-refractivity contribution in [1.29, 1.82) is 0 Å². The minimum Gasteiger partial charge on any atom is -0.493 e. The number of carbonyl (C=O) groups excluding carboxylic acids is 1. The smallest absolute Gasteiger partial charge is 0.246 e. The summed E-state index contributed by atoms with van der Waals surface area (Å²) in [5.74, 6) is 2.11. The van der Waals surface area contributed by atoms with E-state index in [1.807, 2.05) is 18.7 Å². The van der Waals surface area contributed by atoms with E-state index in [1.165, 1.54) is 36.6 Å². The summed E-state index contributed by atoms with van der Waals surface area (Å²) in [4.78, 5) is 14.9. The normalized spacial score (nSPS) is 17.9. The first-order valence-electron chi connectivity index (χ1n) is 11.3. The third kappa shape index (κ3) is 3.94. The molecule has 0 saturated carbocycles. The minimum absolute atomic E-state index is 0.124. The van der Waals surface area contributed by atoms with Gasteiger partial charge in [-0.25, -0.2) is 0 Å². The predicted octanol–water partition coefficient (Wildman–Crippen LogP) is 5.82. The number of likely N-dealkylation sites (tertiary alicyclic amines) is 1. The highest BCUT2D eigenvalue weighted by Crippen LogP contribution is 2.41. The molecule has 4 rings (SSSR count). The fourth-order valence-electron chi connectivity index (χ4n) is 4.81. The summed E-state index contributed by atoms with van der Waals surface area (Å²) in [6.07, 6.45) is 11.0. The van der Waals surface area contributed by atoms with Gasteiger partial charge in [0.25, 0.3) is 0 Å². The number of carbonyl (C=O) groups is 1.